The first-order chi connectivity index (χ1) is 16.8. The van der Waals surface area contributed by atoms with Crippen molar-refractivity contribution in [2.45, 2.75) is 12.8 Å². The van der Waals surface area contributed by atoms with Crippen molar-refractivity contribution in [2.24, 2.45) is 0 Å². The Bertz CT molecular complexity index is 1310. The van der Waals surface area contributed by atoms with Crippen molar-refractivity contribution in [3.63, 3.8) is 0 Å². The van der Waals surface area contributed by atoms with Gasteiger partial charge in [0.15, 0.2) is 0 Å². The summed E-state index contributed by atoms with van der Waals surface area (Å²) in [6.07, 6.45) is 2.27. The van der Waals surface area contributed by atoms with E-state index in [1.807, 2.05) is 65.6 Å². The first-order valence-corrected chi connectivity index (χ1v) is 11.8. The number of amides is 1. The highest BCUT2D eigenvalue weighted by Crippen LogP contribution is 2.28. The van der Waals surface area contributed by atoms with Gasteiger partial charge >= 0.3 is 0 Å². The molecule has 34 heavy (non-hydrogen) atoms. The van der Waals surface area contributed by atoms with Gasteiger partial charge in [-0.2, -0.15) is 4.68 Å². The van der Waals surface area contributed by atoms with E-state index in [2.05, 4.69) is 25.3 Å². The van der Waals surface area contributed by atoms with E-state index in [-0.39, 0.29) is 5.91 Å². The average molecular weight is 455 g/mol. The molecule has 9 heteroatoms. The molecule has 6 rings (SSSR count). The number of carbonyl (C=O) groups is 1. The average Bonchev–Trinajstić information content (AvgIpc) is 3.61. The summed E-state index contributed by atoms with van der Waals surface area (Å²) in [5, 5.41) is 13.3. The molecule has 0 spiro atoms. The van der Waals surface area contributed by atoms with Crippen LogP contribution in [0.2, 0.25) is 0 Å². The molecule has 1 amide bonds. The van der Waals surface area contributed by atoms with Crippen LogP contribution < -0.4 is 9.80 Å². The molecule has 0 unspecified atom stereocenters. The minimum Gasteiger partial charge on any atom is -0.356 e. The van der Waals surface area contributed by atoms with Crippen LogP contribution in [0.4, 0.5) is 11.8 Å². The zero-order chi connectivity index (χ0) is 22.9. The highest BCUT2D eigenvalue weighted by molar-refractivity contribution is 6.02. The number of hydrogen-bond acceptors (Lipinski definition) is 7. The summed E-state index contributed by atoms with van der Waals surface area (Å²) in [6.45, 7) is 4.43. The van der Waals surface area contributed by atoms with Crippen LogP contribution in [0, 0.1) is 0 Å². The highest BCUT2D eigenvalue weighted by Gasteiger charge is 2.29. The minimum atomic E-state index is 0.0439. The lowest BCUT2D eigenvalue weighted by Crippen LogP contribution is -2.49. The van der Waals surface area contributed by atoms with E-state index in [0.717, 1.165) is 48.3 Å². The van der Waals surface area contributed by atoms with E-state index in [4.69, 9.17) is 4.98 Å². The Hall–Kier alpha value is -4.01. The van der Waals surface area contributed by atoms with E-state index in [9.17, 15) is 4.79 Å². The lowest BCUT2D eigenvalue weighted by molar-refractivity contribution is 0.0746. The Morgan fingerprint density at radius 1 is 0.794 bits per heavy atom. The number of carbonyl (C=O) groups excluding carboxylic acids is 1. The standard InChI is InChI=1S/C25H26N8O/c34-24(21-18-19-8-4-5-11-22(19)26-23(21)30-12-6-7-13-30)31-14-16-32(17-15-31)25-27-28-29-33(25)20-9-2-1-3-10-20/h1-5,8-11,18H,6-7,12-17H2. The fraction of sp³-hybridized carbons (Fsp3) is 0.320. The van der Waals surface area contributed by atoms with E-state index >= 15 is 0 Å². The number of tetrazole rings is 1. The molecule has 172 valence electrons. The molecule has 0 bridgehead atoms. The number of aromatic nitrogens is 5. The summed E-state index contributed by atoms with van der Waals surface area (Å²) >= 11 is 0. The Kier molecular flexibility index (Phi) is 5.29. The number of hydrogen-bond donors (Lipinski definition) is 0. The van der Waals surface area contributed by atoms with E-state index in [0.29, 0.717) is 37.7 Å². The maximum atomic E-state index is 13.7. The normalized spacial score (nSPS) is 16.4. The van der Waals surface area contributed by atoms with Crippen molar-refractivity contribution in [1.29, 1.82) is 0 Å². The van der Waals surface area contributed by atoms with Crippen LogP contribution in [-0.4, -0.2) is 75.3 Å². The Balaban J connectivity index is 1.24. The number of rotatable bonds is 4. The van der Waals surface area contributed by atoms with Gasteiger partial charge in [0.1, 0.15) is 5.82 Å². The van der Waals surface area contributed by atoms with Gasteiger partial charge in [0.25, 0.3) is 5.91 Å². The van der Waals surface area contributed by atoms with Gasteiger partial charge < -0.3 is 14.7 Å². The molecular formula is C25H26N8O. The number of pyridine rings is 1. The second-order valence-corrected chi connectivity index (χ2v) is 8.75. The van der Waals surface area contributed by atoms with Gasteiger partial charge in [-0.25, -0.2) is 4.98 Å². The maximum absolute atomic E-state index is 13.7. The number of anilines is 2. The Labute approximate surface area is 197 Å². The van der Waals surface area contributed by atoms with Gasteiger partial charge in [0.2, 0.25) is 5.95 Å². The largest absolute Gasteiger partial charge is 0.356 e. The molecule has 2 fully saturated rings. The Morgan fingerprint density at radius 3 is 2.32 bits per heavy atom. The topological polar surface area (TPSA) is 83.3 Å². The van der Waals surface area contributed by atoms with Crippen LogP contribution in [0.1, 0.15) is 23.2 Å². The molecule has 2 aromatic carbocycles. The molecule has 2 aromatic heterocycles. The lowest BCUT2D eigenvalue weighted by atomic mass is 10.1. The summed E-state index contributed by atoms with van der Waals surface area (Å²) in [6, 6.07) is 19.9. The fourth-order valence-electron chi connectivity index (χ4n) is 4.83. The monoisotopic (exact) mass is 454 g/mol. The molecule has 0 N–H and O–H groups in total. The summed E-state index contributed by atoms with van der Waals surface area (Å²) in [5.41, 5.74) is 2.54. The van der Waals surface area contributed by atoms with Gasteiger partial charge in [-0.1, -0.05) is 41.5 Å². The first-order valence-electron chi connectivity index (χ1n) is 11.8. The number of piperazine rings is 1. The molecule has 0 atom stereocenters. The zero-order valence-electron chi connectivity index (χ0n) is 18.9. The van der Waals surface area contributed by atoms with Crippen molar-refractivity contribution in [1.82, 2.24) is 30.1 Å². The van der Waals surface area contributed by atoms with E-state index in [1.54, 1.807) is 4.68 Å². The number of para-hydroxylation sites is 2. The van der Waals surface area contributed by atoms with Crippen LogP contribution in [-0.2, 0) is 0 Å². The van der Waals surface area contributed by atoms with Crippen LogP contribution in [0.5, 0.6) is 0 Å². The van der Waals surface area contributed by atoms with Crippen molar-refractivity contribution < 1.29 is 4.79 Å². The molecule has 4 aromatic rings. The van der Waals surface area contributed by atoms with Crippen molar-refractivity contribution in [2.75, 3.05) is 49.1 Å². The number of benzene rings is 2. The maximum Gasteiger partial charge on any atom is 0.257 e. The van der Waals surface area contributed by atoms with Gasteiger partial charge in [-0.15, -0.1) is 0 Å². The van der Waals surface area contributed by atoms with Gasteiger partial charge in [0, 0.05) is 44.7 Å². The van der Waals surface area contributed by atoms with E-state index < -0.39 is 0 Å². The third-order valence-corrected chi connectivity index (χ3v) is 6.64. The van der Waals surface area contributed by atoms with Crippen LogP contribution in [0.25, 0.3) is 16.6 Å². The van der Waals surface area contributed by atoms with Crippen molar-refractivity contribution in [3.8, 4) is 5.69 Å². The third kappa shape index (κ3) is 3.72. The zero-order valence-corrected chi connectivity index (χ0v) is 18.9. The van der Waals surface area contributed by atoms with Gasteiger partial charge in [-0.3, -0.25) is 4.79 Å². The molecule has 4 heterocycles. The molecule has 0 aliphatic carbocycles. The second-order valence-electron chi connectivity index (χ2n) is 8.75. The molecule has 2 saturated heterocycles. The summed E-state index contributed by atoms with van der Waals surface area (Å²) in [5.74, 6) is 1.56. The van der Waals surface area contributed by atoms with Crippen molar-refractivity contribution in [3.05, 3.63) is 66.2 Å². The van der Waals surface area contributed by atoms with Crippen LogP contribution in [0.3, 0.4) is 0 Å². The Morgan fingerprint density at radius 2 is 1.53 bits per heavy atom. The summed E-state index contributed by atoms with van der Waals surface area (Å²) < 4.78 is 1.75. The number of nitrogens with zero attached hydrogens (tertiary/aromatic N) is 8. The molecule has 2 aliphatic heterocycles. The molecule has 2 aliphatic rings. The number of fused-ring (bicyclic) bond motifs is 1. The first kappa shape index (κ1) is 20.6. The van der Waals surface area contributed by atoms with Crippen LogP contribution >= 0.6 is 0 Å². The van der Waals surface area contributed by atoms with Crippen LogP contribution in [0.15, 0.2) is 60.7 Å². The SMILES string of the molecule is O=C(c1cc2ccccc2nc1N1CCCC1)N1CCN(c2nnnn2-c2ccccc2)CC1. The predicted octanol–water partition coefficient (Wildman–Crippen LogP) is 2.77. The fourth-order valence-corrected chi connectivity index (χ4v) is 4.83. The van der Waals surface area contributed by atoms with Gasteiger partial charge in [-0.05, 0) is 47.5 Å². The highest BCUT2D eigenvalue weighted by atomic mass is 16.2. The predicted molar refractivity (Wildman–Crippen MR) is 130 cm³/mol. The van der Waals surface area contributed by atoms with Crippen molar-refractivity contribution >= 4 is 28.6 Å². The third-order valence-electron chi connectivity index (χ3n) is 6.64. The quantitative estimate of drug-likeness (QED) is 0.469. The molecule has 9 nitrogen and oxygen atoms in total. The summed E-state index contributed by atoms with van der Waals surface area (Å²) in [7, 11) is 0. The molecule has 0 saturated carbocycles. The minimum absolute atomic E-state index is 0.0439. The second kappa shape index (κ2) is 8.74. The lowest BCUT2D eigenvalue weighted by Gasteiger charge is -2.35. The van der Waals surface area contributed by atoms with Gasteiger partial charge in [0.05, 0.1) is 16.8 Å². The molecule has 0 radical (unpaired) electrons. The summed E-state index contributed by atoms with van der Waals surface area (Å²) in [4.78, 5) is 24.9. The van der Waals surface area contributed by atoms with E-state index in [1.165, 1.54) is 0 Å². The molecular weight excluding hydrogens is 428 g/mol. The smallest absolute Gasteiger partial charge is 0.257 e.